The molecule has 0 aliphatic heterocycles. The summed E-state index contributed by atoms with van der Waals surface area (Å²) in [4.78, 5) is 0. The van der Waals surface area contributed by atoms with Crippen LogP contribution in [0.1, 0.15) is 29.1 Å². The minimum atomic E-state index is -4.74. The average molecular weight is 218 g/mol. The summed E-state index contributed by atoms with van der Waals surface area (Å²) >= 11 is -1.91. The summed E-state index contributed by atoms with van der Waals surface area (Å²) in [5.74, 6) is 0. The molecule has 0 aromatic rings. The molecule has 0 rings (SSSR count). The molecule has 0 bridgehead atoms. The van der Waals surface area contributed by atoms with Gasteiger partial charge in [-0.15, -0.1) is 4.72 Å². The summed E-state index contributed by atoms with van der Waals surface area (Å²) < 4.78 is 55.8. The number of nitrogens with one attached hydrogen (secondary N) is 1. The van der Waals surface area contributed by atoms with Crippen LogP contribution in [0, 0.1) is 0 Å². The second-order valence-electron chi connectivity index (χ2n) is 3.61. The molecule has 2 unspecified atom stereocenters. The third kappa shape index (κ3) is 4.73. The van der Waals surface area contributed by atoms with E-state index in [9.17, 15) is 17.7 Å². The molecule has 1 N–H and O–H groups in total. The van der Waals surface area contributed by atoms with Crippen molar-refractivity contribution in [2.45, 2.75) is 44.6 Å². The van der Waals surface area contributed by atoms with Crippen LogP contribution >= 0.6 is 0 Å². The van der Waals surface area contributed by atoms with Crippen molar-refractivity contribution in [3.63, 3.8) is 0 Å². The third-order valence-corrected chi connectivity index (χ3v) is 2.83. The van der Waals surface area contributed by atoms with Crippen molar-refractivity contribution in [2.75, 3.05) is 0 Å². The molecule has 0 saturated carbocycles. The van der Waals surface area contributed by atoms with Crippen LogP contribution in [0.5, 0.6) is 0 Å². The largest absolute Gasteiger partial charge is 0.598 e. The summed E-state index contributed by atoms with van der Waals surface area (Å²) in [5.41, 5.74) is 0. The highest BCUT2D eigenvalue weighted by molar-refractivity contribution is 7.90. The van der Waals surface area contributed by atoms with E-state index in [2.05, 4.69) is 0 Å². The van der Waals surface area contributed by atoms with E-state index in [0.717, 1.165) is 0 Å². The van der Waals surface area contributed by atoms with Crippen LogP contribution < -0.4 is 4.72 Å². The van der Waals surface area contributed by atoms with Crippen LogP contribution in [-0.4, -0.2) is 21.5 Å². The molecule has 0 aliphatic rings. The molecule has 0 radical (unpaired) electrons. The summed E-state index contributed by atoms with van der Waals surface area (Å²) in [6, 6.07) is -2.88. The minimum Gasteiger partial charge on any atom is -0.598 e. The topological polar surface area (TPSA) is 35.1 Å². The van der Waals surface area contributed by atoms with Gasteiger partial charge in [0.15, 0.2) is 0 Å². The first-order valence-electron chi connectivity index (χ1n) is 4.14. The van der Waals surface area contributed by atoms with Crippen molar-refractivity contribution in [3.8, 4) is 0 Å². The summed E-state index contributed by atoms with van der Waals surface area (Å²) in [6.45, 7) is 5.23. The molecule has 0 aliphatic carbocycles. The minimum absolute atomic E-state index is 0.636. The quantitative estimate of drug-likeness (QED) is 0.719. The zero-order valence-electron chi connectivity index (χ0n) is 8.95. The highest BCUT2D eigenvalue weighted by atomic mass is 32.2. The van der Waals surface area contributed by atoms with Crippen molar-refractivity contribution in [2.24, 2.45) is 0 Å². The van der Waals surface area contributed by atoms with Crippen LogP contribution in [0.4, 0.5) is 13.2 Å². The molecule has 0 aromatic heterocycles. The standard InChI is InChI=1S/C7H14F3NOS/c1-5(7(8,9)10)11-13(12)6(2,3)4/h5,11H,1-4H3/i5D. The first kappa shape index (κ1) is 11.1. The molecule has 80 valence electrons. The lowest BCUT2D eigenvalue weighted by Gasteiger charge is -2.27. The Bertz CT molecular complexity index is 202. The van der Waals surface area contributed by atoms with Gasteiger partial charge in [-0.05, 0) is 27.7 Å². The molecule has 0 aromatic carbocycles. The molecule has 13 heavy (non-hydrogen) atoms. The average Bonchev–Trinajstić information content (AvgIpc) is 1.80. The fourth-order valence-electron chi connectivity index (χ4n) is 0.350. The van der Waals surface area contributed by atoms with E-state index in [0.29, 0.717) is 6.92 Å². The van der Waals surface area contributed by atoms with Crippen LogP contribution in [0.15, 0.2) is 0 Å². The molecule has 2 nitrogen and oxygen atoms in total. The Morgan fingerprint density at radius 3 is 2.00 bits per heavy atom. The van der Waals surface area contributed by atoms with Gasteiger partial charge in [-0.2, -0.15) is 13.2 Å². The van der Waals surface area contributed by atoms with Gasteiger partial charge < -0.3 is 4.55 Å². The van der Waals surface area contributed by atoms with Gasteiger partial charge in [0.2, 0.25) is 0 Å². The van der Waals surface area contributed by atoms with E-state index in [1.807, 2.05) is 0 Å². The highest BCUT2D eigenvalue weighted by Crippen LogP contribution is 2.22. The predicted octanol–water partition coefficient (Wildman–Crippen LogP) is 1.99. The van der Waals surface area contributed by atoms with Gasteiger partial charge >= 0.3 is 6.18 Å². The maximum absolute atomic E-state index is 12.2. The molecule has 2 atom stereocenters. The Balaban J connectivity index is 4.53. The molecule has 0 spiro atoms. The van der Waals surface area contributed by atoms with Crippen molar-refractivity contribution in [1.82, 2.24) is 4.72 Å². The number of rotatable bonds is 2. The van der Waals surface area contributed by atoms with Crippen molar-refractivity contribution in [1.29, 1.82) is 0 Å². The van der Waals surface area contributed by atoms with Gasteiger partial charge in [0.25, 0.3) is 0 Å². The fraction of sp³-hybridized carbons (Fsp3) is 1.00. The summed E-state index contributed by atoms with van der Waals surface area (Å²) in [7, 11) is 0. The first-order chi connectivity index (χ1) is 5.88. The van der Waals surface area contributed by atoms with Gasteiger partial charge in [-0.1, -0.05) is 0 Å². The van der Waals surface area contributed by atoms with Crippen molar-refractivity contribution >= 4 is 11.4 Å². The van der Waals surface area contributed by atoms with E-state index >= 15 is 0 Å². The highest BCUT2D eigenvalue weighted by Gasteiger charge is 2.41. The molecule has 0 saturated heterocycles. The van der Waals surface area contributed by atoms with Gasteiger partial charge in [0.05, 0.1) is 1.37 Å². The van der Waals surface area contributed by atoms with E-state index in [-0.39, 0.29) is 0 Å². The van der Waals surface area contributed by atoms with Crippen LogP contribution in [0.3, 0.4) is 0 Å². The summed E-state index contributed by atoms with van der Waals surface area (Å²) in [5, 5.41) is 0. The second kappa shape index (κ2) is 4.06. The predicted molar refractivity (Wildman–Crippen MR) is 46.5 cm³/mol. The number of hydrogen-bond acceptors (Lipinski definition) is 2. The smallest absolute Gasteiger partial charge is 0.407 e. The molecular formula is C7H14F3NOS. The third-order valence-electron chi connectivity index (χ3n) is 1.23. The summed E-state index contributed by atoms with van der Waals surface area (Å²) in [6.07, 6.45) is -4.74. The molecule has 0 fully saturated rings. The monoisotopic (exact) mass is 218 g/mol. The van der Waals surface area contributed by atoms with Crippen LogP contribution in [0.25, 0.3) is 0 Å². The maximum atomic E-state index is 12.2. The lowest BCUT2D eigenvalue weighted by molar-refractivity contribution is -0.147. The van der Waals surface area contributed by atoms with Gasteiger partial charge in [-0.3, -0.25) is 0 Å². The Hall–Kier alpha value is 0.0600. The lowest BCUT2D eigenvalue weighted by Crippen LogP contribution is -2.49. The zero-order valence-corrected chi connectivity index (χ0v) is 8.77. The molecule has 6 heteroatoms. The van der Waals surface area contributed by atoms with Crippen LogP contribution in [0.2, 0.25) is 0 Å². The fourth-order valence-corrected chi connectivity index (χ4v) is 1.05. The van der Waals surface area contributed by atoms with Gasteiger partial charge in [-0.25, -0.2) is 0 Å². The second-order valence-corrected chi connectivity index (χ2v) is 5.57. The Morgan fingerprint density at radius 1 is 1.38 bits per heavy atom. The molecule has 0 amide bonds. The Morgan fingerprint density at radius 2 is 1.77 bits per heavy atom. The number of alkyl halides is 3. The van der Waals surface area contributed by atoms with Crippen LogP contribution in [-0.2, 0) is 11.4 Å². The lowest BCUT2D eigenvalue weighted by atomic mass is 10.3. The van der Waals surface area contributed by atoms with E-state index in [1.165, 1.54) is 20.8 Å². The van der Waals surface area contributed by atoms with Gasteiger partial charge in [0.1, 0.15) is 10.8 Å². The first-order valence-corrected chi connectivity index (χ1v) is 4.79. The Labute approximate surface area is 80.6 Å². The van der Waals surface area contributed by atoms with Gasteiger partial charge in [0, 0.05) is 11.4 Å². The number of halogens is 3. The van der Waals surface area contributed by atoms with E-state index in [4.69, 9.17) is 1.37 Å². The van der Waals surface area contributed by atoms with E-state index in [1.54, 1.807) is 4.72 Å². The van der Waals surface area contributed by atoms with E-state index < -0.39 is 28.3 Å². The molecule has 0 heterocycles. The Kier molecular flexibility index (Phi) is 3.48. The molecular weight excluding hydrogens is 203 g/mol. The van der Waals surface area contributed by atoms with Crippen molar-refractivity contribution in [3.05, 3.63) is 0 Å². The zero-order chi connectivity index (χ0) is 11.8. The maximum Gasteiger partial charge on any atom is 0.407 e. The normalized spacial score (nSPS) is 22.0. The van der Waals surface area contributed by atoms with Crippen molar-refractivity contribution < 1.29 is 19.1 Å². The number of hydrogen-bond donors (Lipinski definition) is 1. The SMILES string of the molecule is [2H]C(C)(N[S+]([O-])C(C)(C)C)C(F)(F)F.